The lowest BCUT2D eigenvalue weighted by molar-refractivity contribution is 0.628. The molecule has 240 valence electrons. The van der Waals surface area contributed by atoms with Crippen LogP contribution >= 0.6 is 0 Å². The van der Waals surface area contributed by atoms with Crippen molar-refractivity contribution in [3.8, 4) is 45.0 Å². The lowest BCUT2D eigenvalue weighted by Crippen LogP contribution is -1.94. The Hall–Kier alpha value is -6.78. The molecule has 4 heteroatoms. The molecule has 10 aromatic rings. The number of benzene rings is 7. The standard InChI is InChI=1S/C47H30FN3/c48-35-23-17-31(18-24-35)42-13-8-14-43(49-42)32-19-25-37(26-20-32)51-45-16-7-5-12-39(45)41-30-34(22-28-47(41)51)33-21-27-46-40(29-33)38-11-4-6-15-44(38)50(46)36-9-2-1-3-10-36/h1-30H. The number of hydrogen-bond donors (Lipinski definition) is 0. The zero-order valence-electron chi connectivity index (χ0n) is 27.5. The molecule has 51 heavy (non-hydrogen) atoms. The Bertz CT molecular complexity index is 2900. The number of aromatic nitrogens is 3. The van der Waals surface area contributed by atoms with E-state index in [0.717, 1.165) is 44.9 Å². The lowest BCUT2D eigenvalue weighted by atomic mass is 10.0. The summed E-state index contributed by atoms with van der Waals surface area (Å²) in [4.78, 5) is 4.90. The van der Waals surface area contributed by atoms with Gasteiger partial charge in [0.25, 0.3) is 0 Å². The summed E-state index contributed by atoms with van der Waals surface area (Å²) >= 11 is 0. The molecule has 0 unspecified atom stereocenters. The minimum absolute atomic E-state index is 0.253. The van der Waals surface area contributed by atoms with Crippen LogP contribution in [0.2, 0.25) is 0 Å². The summed E-state index contributed by atoms with van der Waals surface area (Å²) in [7, 11) is 0. The molecule has 10 rings (SSSR count). The maximum absolute atomic E-state index is 13.5. The molecule has 0 bridgehead atoms. The Morgan fingerprint density at radius 2 is 0.765 bits per heavy atom. The number of hydrogen-bond acceptors (Lipinski definition) is 1. The fraction of sp³-hybridized carbons (Fsp3) is 0. The van der Waals surface area contributed by atoms with Gasteiger partial charge >= 0.3 is 0 Å². The third-order valence-corrected chi connectivity index (χ3v) is 10.0. The van der Waals surface area contributed by atoms with Gasteiger partial charge in [-0.2, -0.15) is 0 Å². The van der Waals surface area contributed by atoms with Crippen LogP contribution in [0.5, 0.6) is 0 Å². The van der Waals surface area contributed by atoms with E-state index in [-0.39, 0.29) is 5.82 Å². The molecular formula is C47H30FN3. The fourth-order valence-corrected chi connectivity index (χ4v) is 7.60. The SMILES string of the molecule is Fc1ccc(-c2cccc(-c3ccc(-n4c5ccccc5c5cc(-c6ccc7c(c6)c6ccccc6n7-c6ccccc6)ccc54)cc3)n2)cc1. The minimum atomic E-state index is -0.253. The largest absolute Gasteiger partial charge is 0.309 e. The number of halogens is 1. The van der Waals surface area contributed by atoms with Crippen molar-refractivity contribution in [2.75, 3.05) is 0 Å². The summed E-state index contributed by atoms with van der Waals surface area (Å²) in [5, 5.41) is 4.92. The smallest absolute Gasteiger partial charge is 0.123 e. The topological polar surface area (TPSA) is 22.8 Å². The molecule has 0 atom stereocenters. The Morgan fingerprint density at radius 3 is 1.31 bits per heavy atom. The van der Waals surface area contributed by atoms with E-state index < -0.39 is 0 Å². The Balaban J connectivity index is 1.06. The molecule has 0 radical (unpaired) electrons. The van der Waals surface area contributed by atoms with Gasteiger partial charge in [-0.15, -0.1) is 0 Å². The number of para-hydroxylation sites is 3. The van der Waals surface area contributed by atoms with Crippen LogP contribution in [0.4, 0.5) is 4.39 Å². The van der Waals surface area contributed by atoms with Crippen LogP contribution in [-0.4, -0.2) is 14.1 Å². The second-order valence-corrected chi connectivity index (χ2v) is 13.0. The van der Waals surface area contributed by atoms with Gasteiger partial charge in [0, 0.05) is 44.0 Å². The van der Waals surface area contributed by atoms with E-state index in [1.165, 1.54) is 55.8 Å². The normalized spacial score (nSPS) is 11.6. The van der Waals surface area contributed by atoms with Gasteiger partial charge in [0.2, 0.25) is 0 Å². The highest BCUT2D eigenvalue weighted by atomic mass is 19.1. The van der Waals surface area contributed by atoms with Crippen LogP contribution in [0.1, 0.15) is 0 Å². The van der Waals surface area contributed by atoms with Gasteiger partial charge in [-0.1, -0.05) is 84.9 Å². The number of nitrogens with zero attached hydrogens (tertiary/aromatic N) is 3. The van der Waals surface area contributed by atoms with Gasteiger partial charge < -0.3 is 9.13 Å². The van der Waals surface area contributed by atoms with Gasteiger partial charge in [-0.05, 0) is 108 Å². The molecule has 3 aromatic heterocycles. The van der Waals surface area contributed by atoms with Crippen LogP contribution < -0.4 is 0 Å². The van der Waals surface area contributed by atoms with Crippen molar-refractivity contribution in [3.63, 3.8) is 0 Å². The second-order valence-electron chi connectivity index (χ2n) is 13.0. The van der Waals surface area contributed by atoms with Crippen molar-refractivity contribution in [1.82, 2.24) is 14.1 Å². The quantitative estimate of drug-likeness (QED) is 0.181. The van der Waals surface area contributed by atoms with E-state index in [9.17, 15) is 4.39 Å². The summed E-state index contributed by atoms with van der Waals surface area (Å²) in [6.45, 7) is 0. The molecule has 3 nitrogen and oxygen atoms in total. The van der Waals surface area contributed by atoms with E-state index in [0.29, 0.717) is 0 Å². The molecule has 0 N–H and O–H groups in total. The maximum atomic E-state index is 13.5. The Morgan fingerprint density at radius 1 is 0.333 bits per heavy atom. The molecule has 0 fully saturated rings. The first-order valence-electron chi connectivity index (χ1n) is 17.2. The van der Waals surface area contributed by atoms with Gasteiger partial charge in [0.15, 0.2) is 0 Å². The number of rotatable bonds is 5. The third kappa shape index (κ3) is 4.84. The summed E-state index contributed by atoms with van der Waals surface area (Å²) in [6, 6.07) is 62.6. The zero-order valence-corrected chi connectivity index (χ0v) is 27.5. The fourth-order valence-electron chi connectivity index (χ4n) is 7.60. The summed E-state index contributed by atoms with van der Waals surface area (Å²) < 4.78 is 18.2. The van der Waals surface area contributed by atoms with Gasteiger partial charge in [0.05, 0.1) is 33.5 Å². The van der Waals surface area contributed by atoms with E-state index in [4.69, 9.17) is 4.98 Å². The van der Waals surface area contributed by atoms with Crippen molar-refractivity contribution >= 4 is 43.6 Å². The molecule has 0 saturated carbocycles. The van der Waals surface area contributed by atoms with Crippen LogP contribution in [-0.2, 0) is 0 Å². The minimum Gasteiger partial charge on any atom is -0.309 e. The monoisotopic (exact) mass is 655 g/mol. The maximum Gasteiger partial charge on any atom is 0.123 e. The zero-order chi connectivity index (χ0) is 33.9. The van der Waals surface area contributed by atoms with Gasteiger partial charge in [-0.3, -0.25) is 0 Å². The summed E-state index contributed by atoms with van der Waals surface area (Å²) in [5.41, 5.74) is 12.9. The molecule has 0 aliphatic carbocycles. The average Bonchev–Trinajstić information content (AvgIpc) is 3.71. The number of pyridine rings is 1. The molecule has 7 aromatic carbocycles. The summed E-state index contributed by atoms with van der Waals surface area (Å²) in [5.74, 6) is -0.253. The third-order valence-electron chi connectivity index (χ3n) is 10.0. The van der Waals surface area contributed by atoms with Crippen LogP contribution in [0.25, 0.3) is 88.6 Å². The van der Waals surface area contributed by atoms with Crippen molar-refractivity contribution in [1.29, 1.82) is 0 Å². The molecule has 0 aliphatic heterocycles. The van der Waals surface area contributed by atoms with E-state index in [1.807, 2.05) is 18.2 Å². The van der Waals surface area contributed by atoms with E-state index in [1.54, 1.807) is 12.1 Å². The molecule has 0 aliphatic rings. The van der Waals surface area contributed by atoms with E-state index >= 15 is 0 Å². The molecule has 0 amide bonds. The highest BCUT2D eigenvalue weighted by Gasteiger charge is 2.16. The van der Waals surface area contributed by atoms with Crippen molar-refractivity contribution in [3.05, 3.63) is 188 Å². The van der Waals surface area contributed by atoms with Crippen molar-refractivity contribution in [2.24, 2.45) is 0 Å². The molecule has 0 saturated heterocycles. The molecule has 0 spiro atoms. The predicted octanol–water partition coefficient (Wildman–Crippen LogP) is 12.4. The van der Waals surface area contributed by atoms with Gasteiger partial charge in [0.1, 0.15) is 5.82 Å². The van der Waals surface area contributed by atoms with Crippen molar-refractivity contribution < 1.29 is 4.39 Å². The van der Waals surface area contributed by atoms with Crippen molar-refractivity contribution in [2.45, 2.75) is 0 Å². The Labute approximate surface area is 294 Å². The van der Waals surface area contributed by atoms with Crippen LogP contribution in [0.15, 0.2) is 182 Å². The van der Waals surface area contributed by atoms with Crippen LogP contribution in [0, 0.1) is 5.82 Å². The van der Waals surface area contributed by atoms with E-state index in [2.05, 4.69) is 149 Å². The first-order valence-corrected chi connectivity index (χ1v) is 17.2. The predicted molar refractivity (Wildman–Crippen MR) is 209 cm³/mol. The first-order chi connectivity index (χ1) is 25.2. The highest BCUT2D eigenvalue weighted by Crippen LogP contribution is 2.38. The van der Waals surface area contributed by atoms with Gasteiger partial charge in [-0.25, -0.2) is 9.37 Å². The van der Waals surface area contributed by atoms with Crippen LogP contribution in [0.3, 0.4) is 0 Å². The number of fused-ring (bicyclic) bond motifs is 6. The average molecular weight is 656 g/mol. The molecular weight excluding hydrogens is 626 g/mol. The first kappa shape index (κ1) is 29.2. The summed E-state index contributed by atoms with van der Waals surface area (Å²) in [6.07, 6.45) is 0. The highest BCUT2D eigenvalue weighted by molar-refractivity contribution is 6.12. The lowest BCUT2D eigenvalue weighted by Gasteiger charge is -2.10. The molecule has 3 heterocycles. The second kappa shape index (κ2) is 11.7. The Kier molecular flexibility index (Phi) is 6.68.